The Labute approximate surface area is 137 Å². The third-order valence-electron chi connectivity index (χ3n) is 4.83. The molecule has 1 heterocycles. The quantitative estimate of drug-likeness (QED) is 0.903. The molecule has 0 amide bonds. The number of fused-ring (bicyclic) bond motifs is 1. The Hall–Kier alpha value is -1.19. The van der Waals surface area contributed by atoms with E-state index in [0.29, 0.717) is 5.41 Å². The summed E-state index contributed by atoms with van der Waals surface area (Å²) in [5.74, 6) is 0.774. The Morgan fingerprint density at radius 2 is 2.00 bits per heavy atom. The van der Waals surface area contributed by atoms with Crippen molar-refractivity contribution < 1.29 is 0 Å². The number of rotatable bonds is 3. The van der Waals surface area contributed by atoms with E-state index >= 15 is 0 Å². The first-order valence-electron chi connectivity index (χ1n) is 8.21. The third kappa shape index (κ3) is 3.41. The minimum atomic E-state index is 0.0483. The van der Waals surface area contributed by atoms with E-state index in [1.807, 2.05) is 17.4 Å². The van der Waals surface area contributed by atoms with Crippen LogP contribution in [0.4, 0.5) is 0 Å². The Kier molecular flexibility index (Phi) is 4.37. The first-order valence-corrected chi connectivity index (χ1v) is 9.03. The molecule has 0 radical (unpaired) electrons. The number of nitrogens with zero attached hydrogens (tertiary/aromatic N) is 1. The van der Waals surface area contributed by atoms with Crippen LogP contribution in [0.15, 0.2) is 30.3 Å². The largest absolute Gasteiger partial charge is 0.324 e. The minimum absolute atomic E-state index is 0.0483. The topological polar surface area (TPSA) is 38.9 Å². The number of benzene rings is 1. The van der Waals surface area contributed by atoms with Crippen LogP contribution in [0.2, 0.25) is 0 Å². The lowest BCUT2D eigenvalue weighted by Gasteiger charge is -2.33. The summed E-state index contributed by atoms with van der Waals surface area (Å²) in [7, 11) is 0. The van der Waals surface area contributed by atoms with E-state index in [-0.39, 0.29) is 6.04 Å². The van der Waals surface area contributed by atoms with Gasteiger partial charge < -0.3 is 5.73 Å². The number of hydrogen-bond acceptors (Lipinski definition) is 3. The molecule has 2 unspecified atom stereocenters. The van der Waals surface area contributed by atoms with Crippen LogP contribution in [-0.2, 0) is 19.3 Å². The number of aromatic nitrogens is 1. The molecular formula is C19H26N2S. The van der Waals surface area contributed by atoms with Crippen molar-refractivity contribution in [3.63, 3.8) is 0 Å². The second kappa shape index (κ2) is 6.13. The van der Waals surface area contributed by atoms with Crippen molar-refractivity contribution in [1.82, 2.24) is 4.98 Å². The Morgan fingerprint density at radius 1 is 1.27 bits per heavy atom. The maximum atomic E-state index is 6.35. The minimum Gasteiger partial charge on any atom is -0.324 e. The number of hydrogen-bond donors (Lipinski definition) is 1. The molecule has 3 rings (SSSR count). The summed E-state index contributed by atoms with van der Waals surface area (Å²) in [4.78, 5) is 6.37. The molecule has 1 aromatic heterocycles. The van der Waals surface area contributed by atoms with Gasteiger partial charge in [0.2, 0.25) is 0 Å². The predicted molar refractivity (Wildman–Crippen MR) is 94.2 cm³/mol. The highest BCUT2D eigenvalue weighted by Crippen LogP contribution is 2.39. The van der Waals surface area contributed by atoms with Crippen molar-refractivity contribution >= 4 is 11.3 Å². The third-order valence-corrected chi connectivity index (χ3v) is 5.97. The number of nitrogens with two attached hydrogens (primary N) is 1. The maximum Gasteiger partial charge on any atom is 0.0950 e. The van der Waals surface area contributed by atoms with Crippen molar-refractivity contribution in [2.24, 2.45) is 17.1 Å². The molecule has 1 aliphatic carbocycles. The lowest BCUT2D eigenvalue weighted by Crippen LogP contribution is -2.26. The lowest BCUT2D eigenvalue weighted by atomic mass is 9.73. The Bertz CT molecular complexity index is 625. The SMILES string of the molecule is CC(C)(C)C1CCc2nc(CC(N)c3ccccc3)sc2C1. The van der Waals surface area contributed by atoms with Crippen LogP contribution < -0.4 is 5.73 Å². The lowest BCUT2D eigenvalue weighted by molar-refractivity contribution is 0.217. The fourth-order valence-corrected chi connectivity index (χ4v) is 4.51. The van der Waals surface area contributed by atoms with Crippen LogP contribution in [0, 0.1) is 11.3 Å². The van der Waals surface area contributed by atoms with E-state index < -0.39 is 0 Å². The van der Waals surface area contributed by atoms with Gasteiger partial charge in [0.25, 0.3) is 0 Å². The second-order valence-electron chi connectivity index (χ2n) is 7.50. The van der Waals surface area contributed by atoms with Gasteiger partial charge in [-0.25, -0.2) is 4.98 Å². The van der Waals surface area contributed by atoms with Crippen LogP contribution in [0.5, 0.6) is 0 Å². The highest BCUT2D eigenvalue weighted by atomic mass is 32.1. The van der Waals surface area contributed by atoms with Gasteiger partial charge >= 0.3 is 0 Å². The van der Waals surface area contributed by atoms with Gasteiger partial charge in [-0.1, -0.05) is 51.1 Å². The standard InChI is InChI=1S/C19H26N2S/c1-19(2,3)14-9-10-16-17(11-14)22-18(21-16)12-15(20)13-7-5-4-6-8-13/h4-8,14-15H,9-12,20H2,1-3H3. The molecule has 0 aliphatic heterocycles. The molecule has 0 spiro atoms. The highest BCUT2D eigenvalue weighted by molar-refractivity contribution is 7.11. The summed E-state index contributed by atoms with van der Waals surface area (Å²) in [6.07, 6.45) is 4.44. The van der Waals surface area contributed by atoms with Crippen molar-refractivity contribution in [2.45, 2.75) is 52.5 Å². The highest BCUT2D eigenvalue weighted by Gasteiger charge is 2.30. The smallest absolute Gasteiger partial charge is 0.0950 e. The maximum absolute atomic E-state index is 6.35. The van der Waals surface area contributed by atoms with E-state index in [0.717, 1.165) is 18.8 Å². The van der Waals surface area contributed by atoms with Crippen molar-refractivity contribution in [1.29, 1.82) is 0 Å². The summed E-state index contributed by atoms with van der Waals surface area (Å²) in [5.41, 5.74) is 9.27. The second-order valence-corrected chi connectivity index (χ2v) is 8.67. The van der Waals surface area contributed by atoms with Gasteiger partial charge in [-0.15, -0.1) is 11.3 Å². The van der Waals surface area contributed by atoms with Gasteiger partial charge in [-0.3, -0.25) is 0 Å². The summed E-state index contributed by atoms with van der Waals surface area (Å²) in [6, 6.07) is 10.4. The zero-order valence-electron chi connectivity index (χ0n) is 13.8. The Morgan fingerprint density at radius 3 is 2.68 bits per heavy atom. The van der Waals surface area contributed by atoms with Crippen LogP contribution in [0.1, 0.15) is 54.4 Å². The average Bonchev–Trinajstić information content (AvgIpc) is 2.88. The van der Waals surface area contributed by atoms with Gasteiger partial charge in [0.1, 0.15) is 0 Å². The zero-order valence-corrected chi connectivity index (χ0v) is 14.6. The van der Waals surface area contributed by atoms with Gasteiger partial charge in [-0.2, -0.15) is 0 Å². The van der Waals surface area contributed by atoms with Crippen LogP contribution >= 0.6 is 11.3 Å². The van der Waals surface area contributed by atoms with Crippen molar-refractivity contribution in [2.75, 3.05) is 0 Å². The molecule has 3 heteroatoms. The predicted octanol–water partition coefficient (Wildman–Crippen LogP) is 4.54. The normalized spacial score (nSPS) is 19.7. The fourth-order valence-electron chi connectivity index (χ4n) is 3.26. The zero-order chi connectivity index (χ0) is 15.7. The van der Waals surface area contributed by atoms with Crippen LogP contribution in [0.3, 0.4) is 0 Å². The summed E-state index contributed by atoms with van der Waals surface area (Å²) in [6.45, 7) is 7.07. The molecular weight excluding hydrogens is 288 g/mol. The first kappa shape index (κ1) is 15.7. The van der Waals surface area contributed by atoms with Gasteiger partial charge in [-0.05, 0) is 36.2 Å². The fraction of sp³-hybridized carbons (Fsp3) is 0.526. The van der Waals surface area contributed by atoms with Gasteiger partial charge in [0.05, 0.1) is 10.7 Å². The first-order chi connectivity index (χ1) is 10.4. The summed E-state index contributed by atoms with van der Waals surface area (Å²) < 4.78 is 0. The molecule has 1 aromatic carbocycles. The molecule has 2 atom stereocenters. The van der Waals surface area contributed by atoms with Gasteiger partial charge in [0, 0.05) is 17.3 Å². The molecule has 22 heavy (non-hydrogen) atoms. The van der Waals surface area contributed by atoms with Crippen molar-refractivity contribution in [3.05, 3.63) is 51.5 Å². The summed E-state index contributed by atoms with van der Waals surface area (Å²) >= 11 is 1.89. The monoisotopic (exact) mass is 314 g/mol. The average molecular weight is 314 g/mol. The summed E-state index contributed by atoms with van der Waals surface area (Å²) in [5, 5.41) is 1.20. The molecule has 2 nitrogen and oxygen atoms in total. The molecule has 0 fully saturated rings. The molecule has 118 valence electrons. The van der Waals surface area contributed by atoms with E-state index in [1.54, 1.807) is 0 Å². The number of thiazole rings is 1. The molecule has 0 saturated heterocycles. The molecule has 2 N–H and O–H groups in total. The Balaban J connectivity index is 1.72. The van der Waals surface area contributed by atoms with E-state index in [1.165, 1.54) is 34.0 Å². The van der Waals surface area contributed by atoms with E-state index in [4.69, 9.17) is 10.7 Å². The van der Waals surface area contributed by atoms with E-state index in [2.05, 4.69) is 45.0 Å². The van der Waals surface area contributed by atoms with E-state index in [9.17, 15) is 0 Å². The number of aryl methyl sites for hydroxylation is 1. The van der Waals surface area contributed by atoms with Crippen molar-refractivity contribution in [3.8, 4) is 0 Å². The molecule has 0 bridgehead atoms. The van der Waals surface area contributed by atoms with Gasteiger partial charge in [0.15, 0.2) is 0 Å². The molecule has 0 saturated carbocycles. The van der Waals surface area contributed by atoms with Crippen LogP contribution in [0.25, 0.3) is 0 Å². The molecule has 2 aromatic rings. The molecule has 1 aliphatic rings. The van der Waals surface area contributed by atoms with Crippen LogP contribution in [-0.4, -0.2) is 4.98 Å².